The van der Waals surface area contributed by atoms with Gasteiger partial charge in [0.1, 0.15) is 11.6 Å². The monoisotopic (exact) mass is 735 g/mol. The molecule has 0 bridgehead atoms. The molecule has 0 aromatic heterocycles. The number of imide groups is 2. The maximum atomic E-state index is 15.1. The van der Waals surface area contributed by atoms with Gasteiger partial charge < -0.3 is 10.2 Å². The average molecular weight is 737 g/mol. The molecule has 7 rings (SSSR count). The first kappa shape index (κ1) is 32.0. The zero-order chi connectivity index (χ0) is 34.1. The van der Waals surface area contributed by atoms with E-state index in [1.807, 2.05) is 6.08 Å². The number of rotatable bonds is 7. The Labute approximate surface area is 287 Å². The van der Waals surface area contributed by atoms with Gasteiger partial charge in [-0.1, -0.05) is 51.3 Å². The van der Waals surface area contributed by atoms with Crippen LogP contribution >= 0.6 is 27.5 Å². The zero-order valence-electron chi connectivity index (χ0n) is 25.1. The Kier molecular flexibility index (Phi) is 7.91. The minimum Gasteiger partial charge on any atom is -0.508 e. The summed E-state index contributed by atoms with van der Waals surface area (Å²) < 4.78 is 14.4. The number of likely N-dealkylation sites (tertiary alicyclic amines) is 1. The number of hydrogen-bond donors (Lipinski definition) is 3. The number of carboxylic acids is 1. The van der Waals surface area contributed by atoms with Crippen molar-refractivity contribution in [2.45, 2.75) is 30.6 Å². The highest BCUT2D eigenvalue weighted by Gasteiger charge is 2.70. The second-order valence-corrected chi connectivity index (χ2v) is 13.9. The number of benzene rings is 3. The topological polar surface area (TPSA) is 144 Å². The number of carboxylic acid groups (broad SMARTS) is 1. The van der Waals surface area contributed by atoms with Crippen molar-refractivity contribution < 1.29 is 38.6 Å². The van der Waals surface area contributed by atoms with E-state index in [9.17, 15) is 33.8 Å². The van der Waals surface area contributed by atoms with E-state index >= 15 is 4.79 Å². The standard InChI is InChI=1S/C35H28BrClFN3O7/c36-18-3-12-27(42)25(15-18)30-22-10-11-23-29(33(47)40(31(23)45)14-13-28(43)44)24(22)16-26-32(46)41(39-21-8-6-20(38)7-9-21)34(48)35(26,30)17-1-4-19(37)5-2-17/h1-10,12,15,23-24,26,29-30,39,42H,11,13-14,16H2,(H,43,44). The van der Waals surface area contributed by atoms with E-state index in [2.05, 4.69) is 21.4 Å². The number of allylic oxidation sites excluding steroid dienone is 2. The number of amides is 4. The van der Waals surface area contributed by atoms with Crippen LogP contribution in [0.4, 0.5) is 10.1 Å². The number of phenols is 1. The molecule has 10 nitrogen and oxygen atoms in total. The molecular weight excluding hydrogens is 709 g/mol. The highest BCUT2D eigenvalue weighted by molar-refractivity contribution is 9.10. The first-order valence-electron chi connectivity index (χ1n) is 15.4. The summed E-state index contributed by atoms with van der Waals surface area (Å²) in [4.78, 5) is 69.4. The first-order chi connectivity index (χ1) is 22.9. The van der Waals surface area contributed by atoms with Crippen molar-refractivity contribution in [3.8, 4) is 5.75 Å². The number of nitrogens with zero attached hydrogens (tertiary/aromatic N) is 2. The third-order valence-electron chi connectivity index (χ3n) is 10.2. The number of halogens is 3. The van der Waals surface area contributed by atoms with E-state index < -0.39 is 76.8 Å². The second-order valence-electron chi connectivity index (χ2n) is 12.5. The summed E-state index contributed by atoms with van der Waals surface area (Å²) in [6, 6.07) is 16.6. The lowest BCUT2D eigenvalue weighted by molar-refractivity contribution is -0.143. The minimum absolute atomic E-state index is 0.0128. The van der Waals surface area contributed by atoms with Crippen molar-refractivity contribution in [3.05, 3.63) is 105 Å². The number of fused-ring (bicyclic) bond motifs is 4. The lowest BCUT2D eigenvalue weighted by Gasteiger charge is -2.50. The summed E-state index contributed by atoms with van der Waals surface area (Å²) >= 11 is 9.78. The van der Waals surface area contributed by atoms with Gasteiger partial charge in [0.25, 0.3) is 11.8 Å². The quantitative estimate of drug-likeness (QED) is 0.216. The van der Waals surface area contributed by atoms with E-state index in [0.29, 0.717) is 26.2 Å². The van der Waals surface area contributed by atoms with Crippen LogP contribution in [0.1, 0.15) is 36.3 Å². The summed E-state index contributed by atoms with van der Waals surface area (Å²) in [5.74, 6) is -8.40. The van der Waals surface area contributed by atoms with Gasteiger partial charge in [0, 0.05) is 27.5 Å². The summed E-state index contributed by atoms with van der Waals surface area (Å²) in [6.07, 6.45) is 1.59. The Morgan fingerprint density at radius 1 is 0.979 bits per heavy atom. The Morgan fingerprint density at radius 3 is 2.38 bits per heavy atom. The lowest BCUT2D eigenvalue weighted by Crippen LogP contribution is -2.53. The fraction of sp³-hybridized carbons (Fsp3) is 0.286. The van der Waals surface area contributed by atoms with Crippen molar-refractivity contribution in [2.75, 3.05) is 12.0 Å². The van der Waals surface area contributed by atoms with Crippen LogP contribution in [-0.2, 0) is 29.4 Å². The molecule has 13 heteroatoms. The Balaban J connectivity index is 1.44. The van der Waals surface area contributed by atoms with Crippen LogP contribution in [0.5, 0.6) is 5.75 Å². The van der Waals surface area contributed by atoms with Crippen molar-refractivity contribution in [2.24, 2.45) is 23.7 Å². The van der Waals surface area contributed by atoms with Crippen LogP contribution in [0.15, 0.2) is 82.9 Å². The number of phenolic OH excluding ortho intramolecular Hbond substituents is 1. The maximum absolute atomic E-state index is 15.1. The fourth-order valence-electron chi connectivity index (χ4n) is 8.25. The van der Waals surface area contributed by atoms with Gasteiger partial charge in [0.2, 0.25) is 11.8 Å². The molecule has 0 spiro atoms. The number of carbonyl (C=O) groups excluding carboxylic acids is 4. The van der Waals surface area contributed by atoms with Gasteiger partial charge in [-0.3, -0.25) is 34.3 Å². The molecule has 6 unspecified atom stereocenters. The highest BCUT2D eigenvalue weighted by atomic mass is 79.9. The molecule has 4 amide bonds. The molecule has 2 aliphatic carbocycles. The predicted octanol–water partition coefficient (Wildman–Crippen LogP) is 5.41. The SMILES string of the molecule is O=C(O)CCN1C(=O)C2CC=C3C(CC4C(=O)N(Nc5ccc(F)cc5)C(=O)C4(c4ccc(Cl)cc4)C3c3cc(Br)ccc3O)C2C1=O. The number of nitrogens with one attached hydrogen (secondary N) is 1. The molecule has 3 aromatic rings. The first-order valence-corrected chi connectivity index (χ1v) is 16.5. The van der Waals surface area contributed by atoms with Crippen molar-refractivity contribution in [1.29, 1.82) is 0 Å². The van der Waals surface area contributed by atoms with Crippen molar-refractivity contribution >= 4 is 62.8 Å². The molecule has 1 saturated carbocycles. The summed E-state index contributed by atoms with van der Waals surface area (Å²) in [5, 5.41) is 22.0. The van der Waals surface area contributed by atoms with Gasteiger partial charge in [-0.15, -0.1) is 0 Å². The largest absolute Gasteiger partial charge is 0.508 e. The lowest BCUT2D eigenvalue weighted by atomic mass is 9.49. The average Bonchev–Trinajstić information content (AvgIpc) is 3.43. The predicted molar refractivity (Wildman–Crippen MR) is 174 cm³/mol. The smallest absolute Gasteiger partial charge is 0.305 e. The molecule has 2 saturated heterocycles. The van der Waals surface area contributed by atoms with Gasteiger partial charge >= 0.3 is 5.97 Å². The molecule has 0 radical (unpaired) electrons. The van der Waals surface area contributed by atoms with E-state index in [0.717, 1.165) is 9.91 Å². The molecule has 3 N–H and O–H groups in total. The number of carbonyl (C=O) groups is 5. The van der Waals surface area contributed by atoms with Crippen molar-refractivity contribution in [3.63, 3.8) is 0 Å². The van der Waals surface area contributed by atoms with Gasteiger partial charge in [0.15, 0.2) is 0 Å². The molecule has 246 valence electrons. The third-order valence-corrected chi connectivity index (χ3v) is 10.9. The molecule has 4 aliphatic rings. The normalized spacial score (nSPS) is 27.8. The van der Waals surface area contributed by atoms with E-state index in [1.165, 1.54) is 30.3 Å². The number of anilines is 1. The summed E-state index contributed by atoms with van der Waals surface area (Å²) in [5.41, 5.74) is 2.94. The minimum atomic E-state index is -1.64. The van der Waals surface area contributed by atoms with Gasteiger partial charge in [0.05, 0.1) is 35.3 Å². The molecular formula is C35H28BrClFN3O7. The molecule has 6 atom stereocenters. The van der Waals surface area contributed by atoms with Crippen LogP contribution < -0.4 is 5.43 Å². The highest BCUT2D eigenvalue weighted by Crippen LogP contribution is 2.65. The molecule has 3 aromatic carbocycles. The maximum Gasteiger partial charge on any atom is 0.305 e. The van der Waals surface area contributed by atoms with Gasteiger partial charge in [-0.05, 0) is 78.9 Å². The van der Waals surface area contributed by atoms with E-state index in [1.54, 1.807) is 36.4 Å². The summed E-state index contributed by atoms with van der Waals surface area (Å²) in [6.45, 7) is -0.275. The summed E-state index contributed by atoms with van der Waals surface area (Å²) in [7, 11) is 0. The van der Waals surface area contributed by atoms with Crippen LogP contribution in [0, 0.1) is 29.5 Å². The van der Waals surface area contributed by atoms with Crippen LogP contribution in [0.25, 0.3) is 0 Å². The van der Waals surface area contributed by atoms with Crippen LogP contribution in [0.3, 0.4) is 0 Å². The Hall–Kier alpha value is -4.55. The molecule has 3 fully saturated rings. The number of hydrogen-bond acceptors (Lipinski definition) is 7. The zero-order valence-corrected chi connectivity index (χ0v) is 27.4. The second kappa shape index (κ2) is 11.9. The van der Waals surface area contributed by atoms with Crippen LogP contribution in [-0.4, -0.2) is 56.3 Å². The fourth-order valence-corrected chi connectivity index (χ4v) is 8.75. The number of hydrazine groups is 1. The van der Waals surface area contributed by atoms with Crippen LogP contribution in [0.2, 0.25) is 5.02 Å². The molecule has 2 heterocycles. The van der Waals surface area contributed by atoms with Crippen molar-refractivity contribution in [1.82, 2.24) is 9.91 Å². The molecule has 2 aliphatic heterocycles. The number of aromatic hydroxyl groups is 1. The third kappa shape index (κ3) is 4.83. The van der Waals surface area contributed by atoms with Gasteiger partial charge in [-0.25, -0.2) is 4.39 Å². The molecule has 48 heavy (non-hydrogen) atoms. The Morgan fingerprint density at radius 2 is 1.69 bits per heavy atom. The van der Waals surface area contributed by atoms with Gasteiger partial charge in [-0.2, -0.15) is 5.01 Å². The number of aliphatic carboxylic acids is 1. The van der Waals surface area contributed by atoms with E-state index in [-0.39, 0.29) is 30.8 Å². The van der Waals surface area contributed by atoms with E-state index in [4.69, 9.17) is 11.6 Å². The Bertz CT molecular complexity index is 1920.